The summed E-state index contributed by atoms with van der Waals surface area (Å²) in [4.78, 5) is 4.44. The van der Waals surface area contributed by atoms with Crippen LogP contribution in [0.25, 0.3) is 5.78 Å². The van der Waals surface area contributed by atoms with Crippen molar-refractivity contribution >= 4 is 21.7 Å². The van der Waals surface area contributed by atoms with Crippen LogP contribution in [-0.4, -0.2) is 19.2 Å². The summed E-state index contributed by atoms with van der Waals surface area (Å²) < 4.78 is 17.3. The molecule has 0 aliphatic rings. The van der Waals surface area contributed by atoms with Crippen molar-refractivity contribution in [2.24, 2.45) is 12.8 Å². The van der Waals surface area contributed by atoms with Gasteiger partial charge in [0.25, 0.3) is 0 Å². The van der Waals surface area contributed by atoms with Gasteiger partial charge in [-0.25, -0.2) is 9.37 Å². The first-order chi connectivity index (χ1) is 9.60. The lowest BCUT2D eigenvalue weighted by Gasteiger charge is -2.01. The van der Waals surface area contributed by atoms with Crippen LogP contribution in [0.2, 0.25) is 0 Å². The van der Waals surface area contributed by atoms with Gasteiger partial charge >= 0.3 is 0 Å². The lowest BCUT2D eigenvalue weighted by Crippen LogP contribution is -2.02. The third-order valence-corrected chi connectivity index (χ3v) is 4.01. The van der Waals surface area contributed by atoms with Crippen LogP contribution in [0.4, 0.5) is 4.39 Å². The molecule has 0 aliphatic carbocycles. The normalized spacial score (nSPS) is 11.4. The van der Waals surface area contributed by atoms with Crippen molar-refractivity contribution < 1.29 is 4.39 Å². The van der Waals surface area contributed by atoms with E-state index in [0.29, 0.717) is 13.0 Å². The van der Waals surface area contributed by atoms with Gasteiger partial charge in [0.15, 0.2) is 0 Å². The number of imidazole rings is 1. The van der Waals surface area contributed by atoms with E-state index >= 15 is 0 Å². The summed E-state index contributed by atoms with van der Waals surface area (Å²) in [5.74, 6) is 1.34. The molecule has 0 atom stereocenters. The quantitative estimate of drug-likeness (QED) is 0.795. The molecule has 20 heavy (non-hydrogen) atoms. The fourth-order valence-corrected chi connectivity index (χ4v) is 2.58. The fraction of sp³-hybridized carbons (Fsp3) is 0.231. The van der Waals surface area contributed by atoms with Gasteiger partial charge in [0.2, 0.25) is 5.78 Å². The van der Waals surface area contributed by atoms with Gasteiger partial charge in [-0.1, -0.05) is 12.1 Å². The molecule has 104 valence electrons. The Hall–Kier alpha value is -1.73. The van der Waals surface area contributed by atoms with Crippen LogP contribution in [0.15, 0.2) is 28.9 Å². The van der Waals surface area contributed by atoms with Crippen molar-refractivity contribution in [2.45, 2.75) is 13.0 Å². The minimum atomic E-state index is -0.237. The molecule has 5 nitrogen and oxygen atoms in total. The minimum Gasteiger partial charge on any atom is -0.325 e. The first-order valence-electron chi connectivity index (χ1n) is 6.13. The molecular formula is C13H13BrFN5. The van der Waals surface area contributed by atoms with Gasteiger partial charge < -0.3 is 5.73 Å². The zero-order valence-electron chi connectivity index (χ0n) is 10.8. The van der Waals surface area contributed by atoms with Crippen LogP contribution >= 0.6 is 15.9 Å². The van der Waals surface area contributed by atoms with Crippen LogP contribution in [0.5, 0.6) is 0 Å². The number of rotatable bonds is 3. The first kappa shape index (κ1) is 13.3. The Labute approximate surface area is 123 Å². The number of aryl methyl sites for hydroxylation is 1. The van der Waals surface area contributed by atoms with Crippen molar-refractivity contribution in [1.29, 1.82) is 0 Å². The molecular weight excluding hydrogens is 325 g/mol. The van der Waals surface area contributed by atoms with Crippen LogP contribution in [-0.2, 0) is 20.0 Å². The fourth-order valence-electron chi connectivity index (χ4n) is 2.10. The molecule has 2 heterocycles. The molecule has 0 bridgehead atoms. The van der Waals surface area contributed by atoms with Crippen molar-refractivity contribution in [3.8, 4) is 0 Å². The van der Waals surface area contributed by atoms with Gasteiger partial charge in [-0.15, -0.1) is 0 Å². The Balaban J connectivity index is 2.00. The van der Waals surface area contributed by atoms with Gasteiger partial charge in [-0.05, 0) is 33.6 Å². The Bertz CT molecular complexity index is 759. The number of nitrogens with zero attached hydrogens (tertiary/aromatic N) is 4. The van der Waals surface area contributed by atoms with Gasteiger partial charge in [0.1, 0.15) is 16.2 Å². The van der Waals surface area contributed by atoms with E-state index in [1.54, 1.807) is 16.6 Å². The summed E-state index contributed by atoms with van der Waals surface area (Å²) in [5, 5.41) is 4.52. The molecule has 0 aliphatic heterocycles. The van der Waals surface area contributed by atoms with E-state index in [2.05, 4.69) is 26.0 Å². The molecule has 0 amide bonds. The predicted molar refractivity (Wildman–Crippen MR) is 76.8 cm³/mol. The molecule has 2 N–H and O–H groups in total. The first-order valence-corrected chi connectivity index (χ1v) is 6.92. The van der Waals surface area contributed by atoms with Gasteiger partial charge in [0, 0.05) is 20.0 Å². The largest absolute Gasteiger partial charge is 0.325 e. The minimum absolute atomic E-state index is 0.237. The molecule has 0 saturated carbocycles. The molecule has 0 unspecified atom stereocenters. The number of fused-ring (bicyclic) bond motifs is 1. The maximum atomic E-state index is 12.9. The number of aromatic nitrogens is 4. The highest BCUT2D eigenvalue weighted by Crippen LogP contribution is 2.20. The average Bonchev–Trinajstić information content (AvgIpc) is 2.92. The maximum Gasteiger partial charge on any atom is 0.233 e. The maximum absolute atomic E-state index is 12.9. The van der Waals surface area contributed by atoms with E-state index in [1.165, 1.54) is 12.1 Å². The number of halogens is 2. The molecule has 0 spiro atoms. The Morgan fingerprint density at radius 1 is 1.30 bits per heavy atom. The van der Waals surface area contributed by atoms with Crippen molar-refractivity contribution in [3.05, 3.63) is 51.8 Å². The second-order valence-corrected chi connectivity index (χ2v) is 5.29. The van der Waals surface area contributed by atoms with Gasteiger partial charge in [-0.3, -0.25) is 4.57 Å². The number of hydrogen-bond acceptors (Lipinski definition) is 3. The number of hydrogen-bond donors (Lipinski definition) is 1. The van der Waals surface area contributed by atoms with E-state index in [9.17, 15) is 4.39 Å². The molecule has 2 aromatic heterocycles. The van der Waals surface area contributed by atoms with E-state index in [-0.39, 0.29) is 5.82 Å². The zero-order valence-corrected chi connectivity index (χ0v) is 12.4. The summed E-state index contributed by atoms with van der Waals surface area (Å²) >= 11 is 3.45. The lowest BCUT2D eigenvalue weighted by molar-refractivity contribution is 0.627. The highest BCUT2D eigenvalue weighted by atomic mass is 79.9. The van der Waals surface area contributed by atoms with Crippen molar-refractivity contribution in [1.82, 2.24) is 19.2 Å². The molecule has 0 radical (unpaired) electrons. The summed E-state index contributed by atoms with van der Waals surface area (Å²) in [6, 6.07) is 6.41. The average molecular weight is 338 g/mol. The molecule has 7 heteroatoms. The van der Waals surface area contributed by atoms with Gasteiger partial charge in [-0.2, -0.15) is 9.61 Å². The lowest BCUT2D eigenvalue weighted by atomic mass is 10.1. The summed E-state index contributed by atoms with van der Waals surface area (Å²) in [6.07, 6.45) is 0.616. The van der Waals surface area contributed by atoms with Crippen LogP contribution in [0.1, 0.15) is 17.1 Å². The highest BCUT2D eigenvalue weighted by molar-refractivity contribution is 9.10. The van der Waals surface area contributed by atoms with Crippen LogP contribution < -0.4 is 5.73 Å². The van der Waals surface area contributed by atoms with Crippen LogP contribution in [0, 0.1) is 5.82 Å². The van der Waals surface area contributed by atoms with E-state index < -0.39 is 0 Å². The Kier molecular flexibility index (Phi) is 3.31. The topological polar surface area (TPSA) is 61.1 Å². The highest BCUT2D eigenvalue weighted by Gasteiger charge is 2.16. The summed E-state index contributed by atoms with van der Waals surface area (Å²) in [6.45, 7) is 0.358. The third kappa shape index (κ3) is 2.12. The van der Waals surface area contributed by atoms with E-state index in [0.717, 1.165) is 27.5 Å². The molecule has 3 aromatic rings. The second-order valence-electron chi connectivity index (χ2n) is 4.54. The second kappa shape index (κ2) is 4.99. The molecule has 0 saturated heterocycles. The molecule has 3 rings (SSSR count). The number of benzene rings is 1. The third-order valence-electron chi connectivity index (χ3n) is 3.22. The monoisotopic (exact) mass is 337 g/mol. The molecule has 0 fully saturated rings. The van der Waals surface area contributed by atoms with Crippen molar-refractivity contribution in [3.63, 3.8) is 0 Å². The smallest absolute Gasteiger partial charge is 0.233 e. The summed E-state index contributed by atoms with van der Waals surface area (Å²) in [7, 11) is 1.90. The number of nitrogens with two attached hydrogens (primary N) is 1. The zero-order chi connectivity index (χ0) is 14.3. The standard InChI is InChI=1S/C13H13BrFN5/c1-19-11(6-8-2-4-9(15)5-3-8)18-20-12(14)10(7-16)17-13(19)20/h2-5H,6-7,16H2,1H3. The molecule has 1 aromatic carbocycles. The van der Waals surface area contributed by atoms with Gasteiger partial charge in [0.05, 0.1) is 5.69 Å². The predicted octanol–water partition coefficient (Wildman–Crippen LogP) is 2.02. The summed E-state index contributed by atoms with van der Waals surface area (Å²) in [5.41, 5.74) is 7.39. The van der Waals surface area contributed by atoms with E-state index in [4.69, 9.17) is 5.73 Å². The van der Waals surface area contributed by atoms with Crippen molar-refractivity contribution in [2.75, 3.05) is 0 Å². The Morgan fingerprint density at radius 3 is 2.60 bits per heavy atom. The SMILES string of the molecule is Cn1c(Cc2ccc(F)cc2)nn2c(Br)c(CN)nc12. The van der Waals surface area contributed by atoms with E-state index in [1.807, 2.05) is 11.6 Å². The van der Waals surface area contributed by atoms with Crippen LogP contribution in [0.3, 0.4) is 0 Å². The Morgan fingerprint density at radius 2 is 2.00 bits per heavy atom.